The van der Waals surface area contributed by atoms with Crippen molar-refractivity contribution in [1.82, 2.24) is 24.1 Å². The first-order valence-corrected chi connectivity index (χ1v) is 17.5. The van der Waals surface area contributed by atoms with Crippen LogP contribution in [0.4, 0.5) is 0 Å². The van der Waals surface area contributed by atoms with Crippen molar-refractivity contribution in [3.8, 4) is 34.3 Å². The molecule has 0 aliphatic heterocycles. The number of rotatable bonds is 4. The Kier molecular flexibility index (Phi) is 6.18. The third-order valence-corrected chi connectivity index (χ3v) is 10.3. The van der Waals surface area contributed by atoms with Gasteiger partial charge in [-0.3, -0.25) is 9.13 Å². The minimum Gasteiger partial charge on any atom is -0.292 e. The van der Waals surface area contributed by atoms with Gasteiger partial charge in [-0.25, -0.2) is 15.0 Å². The number of nitrogens with zero attached hydrogens (tertiary/aromatic N) is 5. The Morgan fingerprint density at radius 3 is 1.85 bits per heavy atom. The highest BCUT2D eigenvalue weighted by molar-refractivity contribution is 6.26. The maximum absolute atomic E-state index is 5.29. The number of imidazole rings is 1. The van der Waals surface area contributed by atoms with E-state index in [0.29, 0.717) is 5.95 Å². The molecule has 0 atom stereocenters. The van der Waals surface area contributed by atoms with E-state index < -0.39 is 0 Å². The van der Waals surface area contributed by atoms with Gasteiger partial charge in [0.05, 0.1) is 33.3 Å². The van der Waals surface area contributed by atoms with Crippen LogP contribution in [-0.4, -0.2) is 24.1 Å². The monoisotopic (exact) mass is 663 g/mol. The summed E-state index contributed by atoms with van der Waals surface area (Å²) in [5, 5.41) is 8.13. The van der Waals surface area contributed by atoms with E-state index >= 15 is 0 Å². The standard InChI is InChI=1S/C47H29N5/c1-4-14-30(15-5-1)45-36-20-10-12-22-39(36)49-47(50-45)52-41-23-13-11-21-37(41)44-35-25-24-32-28-40-43(29-38(32)34(35)26-27-42(44)52)51(33-18-8-3-9-19-33)46(48-40)31-16-6-2-7-17-31/h1-29H. The van der Waals surface area contributed by atoms with Gasteiger partial charge in [0.25, 0.3) is 0 Å². The highest BCUT2D eigenvalue weighted by atomic mass is 15.2. The largest absolute Gasteiger partial charge is 0.292 e. The zero-order valence-corrected chi connectivity index (χ0v) is 28.0. The summed E-state index contributed by atoms with van der Waals surface area (Å²) < 4.78 is 4.52. The number of hydrogen-bond acceptors (Lipinski definition) is 3. The maximum atomic E-state index is 5.29. The highest BCUT2D eigenvalue weighted by Crippen LogP contribution is 2.41. The number of fused-ring (bicyclic) bond motifs is 9. The Balaban J connectivity index is 1.20. The predicted molar refractivity (Wildman–Crippen MR) is 214 cm³/mol. The Morgan fingerprint density at radius 2 is 1.04 bits per heavy atom. The lowest BCUT2D eigenvalue weighted by Gasteiger charge is -2.12. The molecule has 0 N–H and O–H groups in total. The van der Waals surface area contributed by atoms with Gasteiger partial charge in [-0.05, 0) is 64.0 Å². The molecule has 0 saturated carbocycles. The molecule has 0 radical (unpaired) electrons. The van der Waals surface area contributed by atoms with Gasteiger partial charge in [0.15, 0.2) is 0 Å². The second-order valence-electron chi connectivity index (χ2n) is 13.3. The Morgan fingerprint density at radius 1 is 0.365 bits per heavy atom. The molecule has 3 heterocycles. The SMILES string of the molecule is c1ccc(-c2nc(-n3c4ccccc4c4c5ccc6cc7nc(-c8ccccc8)n(-c8ccccc8)c7cc6c5ccc43)nc3ccccc23)cc1. The fourth-order valence-electron chi connectivity index (χ4n) is 7.99. The average molecular weight is 664 g/mol. The number of benzene rings is 8. The third kappa shape index (κ3) is 4.26. The normalized spacial score (nSPS) is 11.8. The third-order valence-electron chi connectivity index (χ3n) is 10.3. The van der Waals surface area contributed by atoms with Gasteiger partial charge in [-0.15, -0.1) is 0 Å². The Bertz CT molecular complexity index is 3160. The summed E-state index contributed by atoms with van der Waals surface area (Å²) in [7, 11) is 0. The number of para-hydroxylation sites is 3. The molecule has 5 nitrogen and oxygen atoms in total. The van der Waals surface area contributed by atoms with Crippen molar-refractivity contribution in [3.05, 3.63) is 176 Å². The Hall–Kier alpha value is -7.11. The molecule has 0 unspecified atom stereocenters. The van der Waals surface area contributed by atoms with Gasteiger partial charge in [0.1, 0.15) is 5.82 Å². The number of aromatic nitrogens is 5. The maximum Gasteiger partial charge on any atom is 0.235 e. The first-order valence-electron chi connectivity index (χ1n) is 17.5. The highest BCUT2D eigenvalue weighted by Gasteiger charge is 2.20. The van der Waals surface area contributed by atoms with Gasteiger partial charge in [0.2, 0.25) is 5.95 Å². The van der Waals surface area contributed by atoms with Crippen LogP contribution in [0.3, 0.4) is 0 Å². The van der Waals surface area contributed by atoms with Crippen molar-refractivity contribution in [2.24, 2.45) is 0 Å². The quantitative estimate of drug-likeness (QED) is 0.176. The summed E-state index contributed by atoms with van der Waals surface area (Å²) in [5.41, 5.74) is 9.26. The van der Waals surface area contributed by atoms with Gasteiger partial charge >= 0.3 is 0 Å². The van der Waals surface area contributed by atoms with Crippen LogP contribution in [0.2, 0.25) is 0 Å². The average Bonchev–Trinajstić information content (AvgIpc) is 3.76. The molecule has 3 aromatic heterocycles. The lowest BCUT2D eigenvalue weighted by molar-refractivity contribution is 1.01. The zero-order valence-electron chi connectivity index (χ0n) is 28.0. The van der Waals surface area contributed by atoms with E-state index in [4.69, 9.17) is 15.0 Å². The van der Waals surface area contributed by atoms with Crippen LogP contribution in [0.1, 0.15) is 0 Å². The van der Waals surface area contributed by atoms with Crippen LogP contribution in [-0.2, 0) is 0 Å². The summed E-state index contributed by atoms with van der Waals surface area (Å²) in [4.78, 5) is 15.7. The van der Waals surface area contributed by atoms with Gasteiger partial charge in [0, 0.05) is 33.0 Å². The van der Waals surface area contributed by atoms with E-state index in [1.807, 2.05) is 18.2 Å². The summed E-state index contributed by atoms with van der Waals surface area (Å²) in [6.07, 6.45) is 0. The van der Waals surface area contributed by atoms with E-state index in [9.17, 15) is 0 Å². The fraction of sp³-hybridized carbons (Fsp3) is 0. The van der Waals surface area contributed by atoms with Crippen LogP contribution in [0.15, 0.2) is 176 Å². The van der Waals surface area contributed by atoms with Crippen molar-refractivity contribution >= 4 is 65.3 Å². The molecular weight excluding hydrogens is 635 g/mol. The molecule has 0 amide bonds. The van der Waals surface area contributed by atoms with Crippen molar-refractivity contribution in [2.45, 2.75) is 0 Å². The van der Waals surface area contributed by atoms with Gasteiger partial charge in [-0.2, -0.15) is 0 Å². The van der Waals surface area contributed by atoms with Gasteiger partial charge < -0.3 is 0 Å². The minimum atomic E-state index is 0.658. The number of hydrogen-bond donors (Lipinski definition) is 0. The van der Waals surface area contributed by atoms with Crippen LogP contribution in [0.25, 0.3) is 99.6 Å². The Labute approximate surface area is 298 Å². The fourth-order valence-corrected chi connectivity index (χ4v) is 7.99. The molecule has 0 aliphatic rings. The van der Waals surface area contributed by atoms with E-state index in [1.54, 1.807) is 0 Å². The lowest BCUT2D eigenvalue weighted by atomic mass is 9.97. The second kappa shape index (κ2) is 11.2. The molecule has 0 bridgehead atoms. The molecule has 0 saturated heterocycles. The van der Waals surface area contributed by atoms with Gasteiger partial charge in [-0.1, -0.05) is 133 Å². The summed E-state index contributed by atoms with van der Waals surface area (Å²) in [5.74, 6) is 1.59. The van der Waals surface area contributed by atoms with Crippen LogP contribution in [0.5, 0.6) is 0 Å². The summed E-state index contributed by atoms with van der Waals surface area (Å²) in [6.45, 7) is 0. The van der Waals surface area contributed by atoms with Crippen LogP contribution < -0.4 is 0 Å². The molecule has 0 aliphatic carbocycles. The first kappa shape index (κ1) is 28.7. The van der Waals surface area contributed by atoms with Crippen molar-refractivity contribution in [1.29, 1.82) is 0 Å². The van der Waals surface area contributed by atoms with Crippen molar-refractivity contribution < 1.29 is 0 Å². The molecule has 5 heteroatoms. The smallest absolute Gasteiger partial charge is 0.235 e. The van der Waals surface area contributed by atoms with Crippen molar-refractivity contribution in [3.63, 3.8) is 0 Å². The summed E-state index contributed by atoms with van der Waals surface area (Å²) in [6, 6.07) is 61.8. The molecule has 11 rings (SSSR count). The molecule has 52 heavy (non-hydrogen) atoms. The predicted octanol–water partition coefficient (Wildman–Crippen LogP) is 11.7. The molecule has 8 aromatic carbocycles. The van der Waals surface area contributed by atoms with Crippen molar-refractivity contribution in [2.75, 3.05) is 0 Å². The topological polar surface area (TPSA) is 48.5 Å². The minimum absolute atomic E-state index is 0.658. The molecule has 0 spiro atoms. The second-order valence-corrected chi connectivity index (χ2v) is 13.3. The van der Waals surface area contributed by atoms with E-state index in [2.05, 4.69) is 167 Å². The molecule has 242 valence electrons. The van der Waals surface area contributed by atoms with E-state index in [1.165, 1.54) is 26.9 Å². The summed E-state index contributed by atoms with van der Waals surface area (Å²) >= 11 is 0. The van der Waals surface area contributed by atoms with Crippen LogP contribution in [0, 0.1) is 0 Å². The zero-order chi connectivity index (χ0) is 34.2. The molecular formula is C47H29N5. The lowest BCUT2D eigenvalue weighted by Crippen LogP contribution is -2.03. The van der Waals surface area contributed by atoms with E-state index in [-0.39, 0.29) is 0 Å². The molecule has 0 fully saturated rings. The van der Waals surface area contributed by atoms with E-state index in [0.717, 1.165) is 66.7 Å². The molecule has 11 aromatic rings. The first-order chi connectivity index (χ1) is 25.8. The van der Waals surface area contributed by atoms with Crippen LogP contribution >= 0.6 is 0 Å².